The van der Waals surface area contributed by atoms with Crippen molar-refractivity contribution in [3.8, 4) is 0 Å². The summed E-state index contributed by atoms with van der Waals surface area (Å²) in [5.41, 5.74) is 1.43. The van der Waals surface area contributed by atoms with Gasteiger partial charge in [-0.3, -0.25) is 0 Å². The van der Waals surface area contributed by atoms with Gasteiger partial charge in [-0.15, -0.1) is 0 Å². The molecule has 1 saturated carbocycles. The van der Waals surface area contributed by atoms with Crippen LogP contribution in [0.5, 0.6) is 0 Å². The first kappa shape index (κ1) is 9.72. The van der Waals surface area contributed by atoms with E-state index < -0.39 is 0 Å². The second-order valence-electron chi connectivity index (χ2n) is 4.22. The van der Waals surface area contributed by atoms with Gasteiger partial charge in [-0.25, -0.2) is 0 Å². The third kappa shape index (κ3) is 2.58. The number of rotatable bonds is 5. The van der Waals surface area contributed by atoms with Crippen LogP contribution in [0.4, 0.5) is 0 Å². The van der Waals surface area contributed by atoms with E-state index in [0.717, 1.165) is 5.92 Å². The van der Waals surface area contributed by atoms with Crippen molar-refractivity contribution >= 4 is 0 Å². The smallest absolute Gasteiger partial charge is 0.0317 e. The maximum Gasteiger partial charge on any atom is 0.0317 e. The second-order valence-corrected chi connectivity index (χ2v) is 4.22. The highest BCUT2D eigenvalue weighted by Gasteiger charge is 2.21. The molecule has 76 valence electrons. The largest absolute Gasteiger partial charge is 0.310 e. The quantitative estimate of drug-likeness (QED) is 0.750. The molecule has 1 atom stereocenters. The van der Waals surface area contributed by atoms with Gasteiger partial charge < -0.3 is 5.32 Å². The van der Waals surface area contributed by atoms with Gasteiger partial charge in [-0.2, -0.15) is 0 Å². The molecule has 0 heterocycles. The van der Waals surface area contributed by atoms with Crippen molar-refractivity contribution in [2.75, 3.05) is 6.54 Å². The van der Waals surface area contributed by atoms with Crippen molar-refractivity contribution in [3.05, 3.63) is 35.9 Å². The second kappa shape index (κ2) is 4.61. The molecule has 2 rings (SSSR count). The number of benzene rings is 1. The minimum Gasteiger partial charge on any atom is -0.310 e. The lowest BCUT2D eigenvalue weighted by Gasteiger charge is -2.17. The maximum absolute atomic E-state index is 3.65. The Kier molecular flexibility index (Phi) is 3.20. The highest BCUT2D eigenvalue weighted by atomic mass is 14.9. The summed E-state index contributed by atoms with van der Waals surface area (Å²) in [4.78, 5) is 0. The first-order valence-electron chi connectivity index (χ1n) is 5.68. The lowest BCUT2D eigenvalue weighted by molar-refractivity contribution is 0.502. The summed E-state index contributed by atoms with van der Waals surface area (Å²) in [5, 5.41) is 3.65. The van der Waals surface area contributed by atoms with Crippen molar-refractivity contribution in [2.24, 2.45) is 5.92 Å². The van der Waals surface area contributed by atoms with E-state index >= 15 is 0 Å². The van der Waals surface area contributed by atoms with Gasteiger partial charge in [0.1, 0.15) is 0 Å². The van der Waals surface area contributed by atoms with Crippen LogP contribution in [0.25, 0.3) is 0 Å². The molecule has 1 aromatic carbocycles. The van der Waals surface area contributed by atoms with Crippen LogP contribution >= 0.6 is 0 Å². The van der Waals surface area contributed by atoms with Crippen molar-refractivity contribution in [2.45, 2.75) is 32.2 Å². The van der Waals surface area contributed by atoms with E-state index in [2.05, 4.69) is 42.6 Å². The zero-order chi connectivity index (χ0) is 9.80. The van der Waals surface area contributed by atoms with Gasteiger partial charge in [0, 0.05) is 6.04 Å². The molecule has 1 aliphatic rings. The van der Waals surface area contributed by atoms with Crippen LogP contribution in [0.1, 0.15) is 37.8 Å². The number of nitrogens with one attached hydrogen (secondary N) is 1. The van der Waals surface area contributed by atoms with Crippen LogP contribution in [0.2, 0.25) is 0 Å². The van der Waals surface area contributed by atoms with E-state index in [1.807, 2.05) is 0 Å². The molecule has 1 fully saturated rings. The Labute approximate surface area is 86.5 Å². The third-order valence-electron chi connectivity index (χ3n) is 2.96. The zero-order valence-corrected chi connectivity index (χ0v) is 8.87. The molecule has 0 saturated heterocycles. The molecular formula is C13H19N. The van der Waals surface area contributed by atoms with Crippen LogP contribution in [-0.4, -0.2) is 6.54 Å². The Morgan fingerprint density at radius 1 is 1.29 bits per heavy atom. The molecule has 0 amide bonds. The minimum absolute atomic E-state index is 0.553. The topological polar surface area (TPSA) is 12.0 Å². The van der Waals surface area contributed by atoms with Crippen molar-refractivity contribution in [1.82, 2.24) is 5.32 Å². The highest BCUT2D eigenvalue weighted by molar-refractivity contribution is 5.18. The monoisotopic (exact) mass is 189 g/mol. The van der Waals surface area contributed by atoms with Crippen molar-refractivity contribution in [1.29, 1.82) is 0 Å². The molecule has 1 N–H and O–H groups in total. The standard InChI is InChI=1S/C13H19N/c1-2-13(14-10-11-8-9-11)12-6-4-3-5-7-12/h3-7,11,13-14H,2,8-10H2,1H3/t13-/m1/s1. The van der Waals surface area contributed by atoms with Gasteiger partial charge in [0.2, 0.25) is 0 Å². The van der Waals surface area contributed by atoms with Gasteiger partial charge in [0.15, 0.2) is 0 Å². The molecule has 14 heavy (non-hydrogen) atoms. The summed E-state index contributed by atoms with van der Waals surface area (Å²) in [6.07, 6.45) is 4.03. The lowest BCUT2D eigenvalue weighted by Crippen LogP contribution is -2.22. The Bertz CT molecular complexity index is 264. The Morgan fingerprint density at radius 3 is 2.57 bits per heavy atom. The van der Waals surface area contributed by atoms with Gasteiger partial charge >= 0.3 is 0 Å². The predicted octanol–water partition coefficient (Wildman–Crippen LogP) is 3.14. The summed E-state index contributed by atoms with van der Waals surface area (Å²) in [7, 11) is 0. The molecule has 1 nitrogen and oxygen atoms in total. The first-order chi connectivity index (χ1) is 6.90. The molecule has 0 bridgehead atoms. The minimum atomic E-state index is 0.553. The fraction of sp³-hybridized carbons (Fsp3) is 0.538. The normalized spacial score (nSPS) is 18.1. The van der Waals surface area contributed by atoms with E-state index in [1.165, 1.54) is 31.4 Å². The van der Waals surface area contributed by atoms with E-state index in [0.29, 0.717) is 6.04 Å². The SMILES string of the molecule is CC[C@@H](NCC1CC1)c1ccccc1. The molecule has 0 unspecified atom stereocenters. The Balaban J connectivity index is 1.90. The zero-order valence-electron chi connectivity index (χ0n) is 8.87. The number of hydrogen-bond acceptors (Lipinski definition) is 1. The lowest BCUT2D eigenvalue weighted by atomic mass is 10.0. The molecule has 1 heteroatoms. The molecular weight excluding hydrogens is 170 g/mol. The third-order valence-corrected chi connectivity index (χ3v) is 2.96. The van der Waals surface area contributed by atoms with Gasteiger partial charge in [-0.05, 0) is 37.3 Å². The van der Waals surface area contributed by atoms with Crippen molar-refractivity contribution in [3.63, 3.8) is 0 Å². The highest BCUT2D eigenvalue weighted by Crippen LogP contribution is 2.29. The average molecular weight is 189 g/mol. The van der Waals surface area contributed by atoms with E-state index in [-0.39, 0.29) is 0 Å². The predicted molar refractivity (Wildman–Crippen MR) is 60.2 cm³/mol. The summed E-state index contributed by atoms with van der Waals surface area (Å²) >= 11 is 0. The molecule has 0 radical (unpaired) electrons. The van der Waals surface area contributed by atoms with Crippen LogP contribution in [0.15, 0.2) is 30.3 Å². The maximum atomic E-state index is 3.65. The molecule has 0 aliphatic heterocycles. The fourth-order valence-corrected chi connectivity index (χ4v) is 1.81. The summed E-state index contributed by atoms with van der Waals surface area (Å²) in [6, 6.07) is 11.3. The summed E-state index contributed by atoms with van der Waals surface area (Å²) in [6.45, 7) is 3.45. The van der Waals surface area contributed by atoms with Crippen LogP contribution < -0.4 is 5.32 Å². The van der Waals surface area contributed by atoms with E-state index in [1.54, 1.807) is 0 Å². The first-order valence-corrected chi connectivity index (χ1v) is 5.68. The summed E-state index contributed by atoms with van der Waals surface area (Å²) in [5.74, 6) is 0.966. The summed E-state index contributed by atoms with van der Waals surface area (Å²) < 4.78 is 0. The van der Waals surface area contributed by atoms with Crippen LogP contribution in [0, 0.1) is 5.92 Å². The van der Waals surface area contributed by atoms with Crippen LogP contribution in [-0.2, 0) is 0 Å². The van der Waals surface area contributed by atoms with Gasteiger partial charge in [-0.1, -0.05) is 37.3 Å². The van der Waals surface area contributed by atoms with Crippen LogP contribution in [0.3, 0.4) is 0 Å². The van der Waals surface area contributed by atoms with Gasteiger partial charge in [0.25, 0.3) is 0 Å². The average Bonchev–Trinajstić information content (AvgIpc) is 3.04. The Hall–Kier alpha value is -0.820. The fourth-order valence-electron chi connectivity index (χ4n) is 1.81. The van der Waals surface area contributed by atoms with Gasteiger partial charge in [0.05, 0.1) is 0 Å². The van der Waals surface area contributed by atoms with Crippen molar-refractivity contribution < 1.29 is 0 Å². The van der Waals surface area contributed by atoms with E-state index in [9.17, 15) is 0 Å². The molecule has 1 aromatic rings. The Morgan fingerprint density at radius 2 is 2.00 bits per heavy atom. The molecule has 1 aliphatic carbocycles. The molecule has 0 spiro atoms. The van der Waals surface area contributed by atoms with E-state index in [4.69, 9.17) is 0 Å². The number of hydrogen-bond donors (Lipinski definition) is 1. The molecule has 0 aromatic heterocycles.